The molecule has 0 radical (unpaired) electrons. The number of nitrogens with one attached hydrogen (secondary N) is 1. The normalized spacial score (nSPS) is 15.7. The van der Waals surface area contributed by atoms with Crippen LogP contribution in [0.5, 0.6) is 5.88 Å². The van der Waals surface area contributed by atoms with Crippen LogP contribution in [0.4, 0.5) is 0 Å². The van der Waals surface area contributed by atoms with Crippen LogP contribution < -0.4 is 9.42 Å². The lowest BCUT2D eigenvalue weighted by molar-refractivity contribution is -0.661. The first-order valence-corrected chi connectivity index (χ1v) is 9.37. The molecule has 0 saturated carbocycles. The molecule has 0 amide bonds. The molecule has 1 N–H and O–H groups in total. The summed E-state index contributed by atoms with van der Waals surface area (Å²) in [5.74, 6) is 0.694. The van der Waals surface area contributed by atoms with Gasteiger partial charge in [-0.2, -0.15) is 10.4 Å². The minimum atomic E-state index is -0.263. The smallest absolute Gasteiger partial charge is 0.383 e. The number of aromatic amines is 1. The van der Waals surface area contributed by atoms with Gasteiger partial charge < -0.3 is 9.64 Å². The Morgan fingerprint density at radius 2 is 1.76 bits per heavy atom. The van der Waals surface area contributed by atoms with Crippen LogP contribution in [0.2, 0.25) is 0 Å². The molecule has 6 heteroatoms. The lowest BCUT2D eigenvalue weighted by Gasteiger charge is -2.21. The Labute approximate surface area is 170 Å². The van der Waals surface area contributed by atoms with Gasteiger partial charge in [0.2, 0.25) is 11.6 Å². The number of aliphatic imine (C=N–C) groups is 1. The van der Waals surface area contributed by atoms with Crippen LogP contribution >= 0.6 is 0 Å². The molecule has 0 aliphatic carbocycles. The van der Waals surface area contributed by atoms with E-state index in [9.17, 15) is 5.26 Å². The summed E-state index contributed by atoms with van der Waals surface area (Å²) in [6.45, 7) is 2.00. The van der Waals surface area contributed by atoms with E-state index in [1.807, 2.05) is 91.3 Å². The molecule has 0 fully saturated rings. The third-order valence-corrected chi connectivity index (χ3v) is 4.79. The maximum Gasteiger partial charge on any atom is 0.410 e. The highest BCUT2D eigenvalue weighted by molar-refractivity contribution is 5.59. The molecule has 2 aromatic carbocycles. The molecular formula is C23H22N5O+. The molecule has 1 aromatic heterocycles. The van der Waals surface area contributed by atoms with Crippen molar-refractivity contribution in [2.75, 3.05) is 14.1 Å². The van der Waals surface area contributed by atoms with Crippen molar-refractivity contribution < 1.29 is 9.42 Å². The molecule has 1 aliphatic heterocycles. The number of nitriles is 1. The highest BCUT2D eigenvalue weighted by atomic mass is 16.5. The van der Waals surface area contributed by atoms with Gasteiger partial charge in [-0.25, -0.2) is 4.99 Å². The number of benzene rings is 2. The number of ether oxygens (including phenoxy) is 1. The Morgan fingerprint density at radius 1 is 1.10 bits per heavy atom. The molecule has 0 bridgehead atoms. The summed E-state index contributed by atoms with van der Waals surface area (Å²) < 4.78 is 8.11. The summed E-state index contributed by atoms with van der Waals surface area (Å²) in [7, 11) is 3.76. The van der Waals surface area contributed by atoms with Crippen molar-refractivity contribution in [3.8, 4) is 17.6 Å². The summed E-state index contributed by atoms with van der Waals surface area (Å²) in [4.78, 5) is 6.27. The van der Waals surface area contributed by atoms with Crippen LogP contribution in [0.3, 0.4) is 0 Å². The van der Waals surface area contributed by atoms with Gasteiger partial charge in [0.25, 0.3) is 0 Å². The van der Waals surface area contributed by atoms with Crippen molar-refractivity contribution in [1.29, 1.82) is 5.26 Å². The highest BCUT2D eigenvalue weighted by Crippen LogP contribution is 2.43. The van der Waals surface area contributed by atoms with Crippen LogP contribution in [-0.2, 0) is 0 Å². The minimum absolute atomic E-state index is 0.263. The van der Waals surface area contributed by atoms with E-state index in [4.69, 9.17) is 4.74 Å². The minimum Gasteiger partial charge on any atom is -0.383 e. The maximum absolute atomic E-state index is 10.0. The maximum atomic E-state index is 10.0. The molecule has 144 valence electrons. The van der Waals surface area contributed by atoms with Crippen molar-refractivity contribution >= 4 is 6.34 Å². The zero-order valence-electron chi connectivity index (χ0n) is 16.6. The van der Waals surface area contributed by atoms with Gasteiger partial charge in [-0.3, -0.25) is 0 Å². The highest BCUT2D eigenvalue weighted by Gasteiger charge is 2.41. The van der Waals surface area contributed by atoms with Crippen molar-refractivity contribution in [1.82, 2.24) is 10.00 Å². The Kier molecular flexibility index (Phi) is 4.88. The topological polar surface area (TPSA) is 68.3 Å². The van der Waals surface area contributed by atoms with Gasteiger partial charge in [0.05, 0.1) is 18.0 Å². The van der Waals surface area contributed by atoms with E-state index in [1.54, 1.807) is 6.34 Å². The Balaban J connectivity index is 1.96. The third-order valence-electron chi connectivity index (χ3n) is 4.79. The van der Waals surface area contributed by atoms with Gasteiger partial charge in [-0.1, -0.05) is 48.5 Å². The number of nitrogens with zero attached hydrogens (tertiary/aromatic N) is 4. The molecule has 1 aliphatic rings. The molecule has 0 spiro atoms. The zero-order valence-corrected chi connectivity index (χ0v) is 16.6. The number of aryl methyl sites for hydroxylation is 1. The molecule has 2 heterocycles. The lowest BCUT2D eigenvalue weighted by atomic mass is 9.84. The number of hydrogen-bond donors (Lipinski definition) is 1. The Morgan fingerprint density at radius 3 is 2.38 bits per heavy atom. The van der Waals surface area contributed by atoms with Crippen LogP contribution in [-0.4, -0.2) is 30.4 Å². The van der Waals surface area contributed by atoms with Crippen LogP contribution in [0.1, 0.15) is 22.7 Å². The van der Waals surface area contributed by atoms with Gasteiger partial charge in [0.1, 0.15) is 17.2 Å². The summed E-state index contributed by atoms with van der Waals surface area (Å²) in [6.07, 6.45) is 1.64. The summed E-state index contributed by atoms with van der Waals surface area (Å²) in [5, 5.41) is 13.4. The standard InChI is InChI=1S/C23H21N5O/c1-16-20-21(17-10-6-4-7-11-17)19(14-24)22(25-15-27(2)3)29-23(20)28(26-16)18-12-8-5-9-13-18/h4-13,15,21H,1-3H3/p+1/b25-15+/t21-/m0/s1. The molecule has 6 nitrogen and oxygen atoms in total. The van der Waals surface area contributed by atoms with E-state index in [-0.39, 0.29) is 5.92 Å². The zero-order chi connectivity index (χ0) is 20.4. The van der Waals surface area contributed by atoms with E-state index in [0.29, 0.717) is 17.3 Å². The van der Waals surface area contributed by atoms with Crippen LogP contribution in [0.25, 0.3) is 5.69 Å². The SMILES string of the molecule is Cc1[nH][n+](-c2ccccc2)c2c1[C@@H](c1ccccc1)C(C#N)=C(/N=C/N(C)C)O2. The van der Waals surface area contributed by atoms with E-state index in [1.165, 1.54) is 0 Å². The predicted molar refractivity (Wildman–Crippen MR) is 111 cm³/mol. The van der Waals surface area contributed by atoms with E-state index < -0.39 is 0 Å². The van der Waals surface area contributed by atoms with E-state index in [0.717, 1.165) is 22.5 Å². The van der Waals surface area contributed by atoms with Gasteiger partial charge >= 0.3 is 5.88 Å². The average Bonchev–Trinajstić information content (AvgIpc) is 3.08. The second-order valence-electron chi connectivity index (χ2n) is 7.11. The summed E-state index contributed by atoms with van der Waals surface area (Å²) >= 11 is 0. The van der Waals surface area contributed by atoms with Gasteiger partial charge in [0.15, 0.2) is 0 Å². The molecule has 29 heavy (non-hydrogen) atoms. The van der Waals surface area contributed by atoms with Gasteiger partial charge in [-0.15, -0.1) is 0 Å². The van der Waals surface area contributed by atoms with Gasteiger partial charge in [0, 0.05) is 26.2 Å². The molecule has 0 unspecified atom stereocenters. The number of allylic oxidation sites excluding steroid dienone is 1. The average molecular weight is 384 g/mol. The molecule has 0 saturated heterocycles. The number of aromatic nitrogens is 2. The number of hydrogen-bond acceptors (Lipinski definition) is 3. The summed E-state index contributed by atoms with van der Waals surface area (Å²) in [5.41, 5.74) is 4.35. The quantitative estimate of drug-likeness (QED) is 0.426. The third kappa shape index (κ3) is 3.39. The number of rotatable bonds is 4. The first kappa shape index (κ1) is 18.5. The van der Waals surface area contributed by atoms with Crippen molar-refractivity contribution in [3.63, 3.8) is 0 Å². The van der Waals surface area contributed by atoms with Crippen molar-refractivity contribution in [2.45, 2.75) is 12.8 Å². The van der Waals surface area contributed by atoms with Gasteiger partial charge in [-0.05, 0) is 17.2 Å². The monoisotopic (exact) mass is 384 g/mol. The Hall–Kier alpha value is -3.85. The molecular weight excluding hydrogens is 362 g/mol. The first-order chi connectivity index (χ1) is 14.1. The number of para-hydroxylation sites is 1. The first-order valence-electron chi connectivity index (χ1n) is 9.37. The summed E-state index contributed by atoms with van der Waals surface area (Å²) in [6, 6.07) is 22.3. The van der Waals surface area contributed by atoms with E-state index >= 15 is 0 Å². The van der Waals surface area contributed by atoms with Crippen molar-refractivity contribution in [3.05, 3.63) is 88.9 Å². The fourth-order valence-electron chi connectivity index (χ4n) is 3.53. The fourth-order valence-corrected chi connectivity index (χ4v) is 3.53. The van der Waals surface area contributed by atoms with Crippen molar-refractivity contribution in [2.24, 2.45) is 4.99 Å². The molecule has 4 rings (SSSR count). The number of fused-ring (bicyclic) bond motifs is 1. The second-order valence-corrected chi connectivity index (χ2v) is 7.11. The molecule has 1 atom stereocenters. The predicted octanol–water partition coefficient (Wildman–Crippen LogP) is 3.45. The lowest BCUT2D eigenvalue weighted by Crippen LogP contribution is -2.35. The fraction of sp³-hybridized carbons (Fsp3) is 0.174. The molecule has 3 aromatic rings. The van der Waals surface area contributed by atoms with Crippen LogP contribution in [0, 0.1) is 18.3 Å². The Bertz CT molecular complexity index is 1120. The van der Waals surface area contributed by atoms with Crippen LogP contribution in [0.15, 0.2) is 77.1 Å². The van der Waals surface area contributed by atoms with E-state index in [2.05, 4.69) is 16.2 Å². The largest absolute Gasteiger partial charge is 0.410 e. The second kappa shape index (κ2) is 7.64. The number of H-pyrrole nitrogens is 1.